The van der Waals surface area contributed by atoms with Gasteiger partial charge in [-0.1, -0.05) is 17.3 Å². The first-order valence-corrected chi connectivity index (χ1v) is 9.91. The molecule has 0 atom stereocenters. The van der Waals surface area contributed by atoms with Crippen molar-refractivity contribution in [1.82, 2.24) is 15.1 Å². The lowest BCUT2D eigenvalue weighted by atomic mass is 10.3. The fourth-order valence-corrected chi connectivity index (χ4v) is 4.58. The molecule has 26 heavy (non-hydrogen) atoms. The third-order valence-corrected chi connectivity index (χ3v) is 6.01. The minimum absolute atomic E-state index is 0.0415. The van der Waals surface area contributed by atoms with Gasteiger partial charge in [0, 0.05) is 13.1 Å². The zero-order chi connectivity index (χ0) is 18.3. The number of aromatic nitrogens is 3. The highest BCUT2D eigenvalue weighted by atomic mass is 32.2. The van der Waals surface area contributed by atoms with Crippen LogP contribution in [-0.2, 0) is 10.0 Å². The van der Waals surface area contributed by atoms with E-state index in [0.717, 1.165) is 31.4 Å². The zero-order valence-electron chi connectivity index (χ0n) is 14.6. The Hall–Kier alpha value is -2.68. The summed E-state index contributed by atoms with van der Waals surface area (Å²) < 4.78 is 33.4. The summed E-state index contributed by atoms with van der Waals surface area (Å²) in [6, 6.07) is 7.41. The van der Waals surface area contributed by atoms with E-state index in [0.29, 0.717) is 17.0 Å². The highest BCUT2D eigenvalue weighted by Gasteiger charge is 2.28. The van der Waals surface area contributed by atoms with Crippen molar-refractivity contribution >= 4 is 32.7 Å². The Labute approximate surface area is 151 Å². The molecule has 1 N–H and O–H groups in total. The van der Waals surface area contributed by atoms with E-state index >= 15 is 0 Å². The molecular formula is C17H19N5O3S. The molecule has 0 aliphatic carbocycles. The van der Waals surface area contributed by atoms with Crippen molar-refractivity contribution in [2.75, 3.05) is 22.7 Å². The van der Waals surface area contributed by atoms with Crippen molar-refractivity contribution in [1.29, 1.82) is 0 Å². The first-order chi connectivity index (χ1) is 12.5. The van der Waals surface area contributed by atoms with Gasteiger partial charge in [0.15, 0.2) is 22.3 Å². The summed E-state index contributed by atoms with van der Waals surface area (Å²) in [5, 5.41) is 3.73. The molecule has 136 valence electrons. The van der Waals surface area contributed by atoms with Crippen LogP contribution in [0.2, 0.25) is 0 Å². The van der Waals surface area contributed by atoms with Crippen LogP contribution in [0.5, 0.6) is 0 Å². The van der Waals surface area contributed by atoms with Gasteiger partial charge in [-0.3, -0.25) is 4.72 Å². The van der Waals surface area contributed by atoms with Gasteiger partial charge in [0.2, 0.25) is 0 Å². The molecule has 0 bridgehead atoms. The molecule has 8 nitrogen and oxygen atoms in total. The zero-order valence-corrected chi connectivity index (χ0v) is 15.4. The standard InChI is InChI=1S/C17H19N5O3S/c1-11-15(12(2)25-20-11)26(23,24)21-16-17(22-9-5-6-10-22)19-14-8-4-3-7-13(14)18-16/h3-4,7-8H,5-6,9-10H2,1-2H3,(H,18,21). The van der Waals surface area contributed by atoms with Gasteiger partial charge in [0.1, 0.15) is 5.69 Å². The van der Waals surface area contributed by atoms with Crippen molar-refractivity contribution in [2.24, 2.45) is 0 Å². The van der Waals surface area contributed by atoms with Crippen LogP contribution in [0.1, 0.15) is 24.3 Å². The molecule has 1 fully saturated rings. The number of benzene rings is 1. The smallest absolute Gasteiger partial charge is 0.268 e. The van der Waals surface area contributed by atoms with E-state index in [1.807, 2.05) is 24.3 Å². The maximum Gasteiger partial charge on any atom is 0.268 e. The Kier molecular flexibility index (Phi) is 4.03. The molecule has 4 rings (SSSR count). The van der Waals surface area contributed by atoms with Gasteiger partial charge in [-0.25, -0.2) is 18.4 Å². The van der Waals surface area contributed by atoms with Crippen LogP contribution in [0.3, 0.4) is 0 Å². The molecule has 2 aromatic heterocycles. The molecule has 3 aromatic rings. The van der Waals surface area contributed by atoms with Crippen LogP contribution in [0.15, 0.2) is 33.7 Å². The molecule has 0 radical (unpaired) electrons. The number of hydrogen-bond acceptors (Lipinski definition) is 7. The molecule has 1 aliphatic rings. The number of rotatable bonds is 4. The molecule has 9 heteroatoms. The average Bonchev–Trinajstić information content (AvgIpc) is 3.24. The van der Waals surface area contributed by atoms with Crippen molar-refractivity contribution in [3.05, 3.63) is 35.7 Å². The third kappa shape index (κ3) is 2.88. The largest absolute Gasteiger partial charge is 0.360 e. The fourth-order valence-electron chi connectivity index (χ4n) is 3.25. The molecule has 3 heterocycles. The summed E-state index contributed by atoms with van der Waals surface area (Å²) in [4.78, 5) is 11.3. The lowest BCUT2D eigenvalue weighted by molar-refractivity contribution is 0.390. The molecule has 0 saturated carbocycles. The first kappa shape index (κ1) is 16.8. The molecule has 1 saturated heterocycles. The molecule has 0 unspecified atom stereocenters. The lowest BCUT2D eigenvalue weighted by Crippen LogP contribution is -2.24. The minimum Gasteiger partial charge on any atom is -0.360 e. The van der Waals surface area contributed by atoms with Crippen LogP contribution < -0.4 is 9.62 Å². The summed E-state index contributed by atoms with van der Waals surface area (Å²) in [6.07, 6.45) is 2.09. The van der Waals surface area contributed by atoms with Crippen LogP contribution in [-0.4, -0.2) is 36.6 Å². The summed E-state index contributed by atoms with van der Waals surface area (Å²) in [5.74, 6) is 1.02. The predicted octanol–water partition coefficient (Wildman–Crippen LogP) is 2.64. The topological polar surface area (TPSA) is 101 Å². The fraction of sp³-hybridized carbons (Fsp3) is 0.353. The highest BCUT2D eigenvalue weighted by Crippen LogP contribution is 2.30. The number of hydrogen-bond donors (Lipinski definition) is 1. The Morgan fingerprint density at radius 2 is 1.73 bits per heavy atom. The van der Waals surface area contributed by atoms with E-state index in [1.54, 1.807) is 13.8 Å². The third-order valence-electron chi connectivity index (χ3n) is 4.43. The van der Waals surface area contributed by atoms with E-state index in [2.05, 4.69) is 24.7 Å². The molecule has 0 amide bonds. The predicted molar refractivity (Wildman–Crippen MR) is 97.8 cm³/mol. The Bertz CT molecular complexity index is 1050. The number of nitrogens with zero attached hydrogens (tertiary/aromatic N) is 4. The Balaban J connectivity index is 1.83. The first-order valence-electron chi connectivity index (χ1n) is 8.43. The van der Waals surface area contributed by atoms with Crippen LogP contribution in [0.25, 0.3) is 11.0 Å². The SMILES string of the molecule is Cc1noc(C)c1S(=O)(=O)Nc1nc2ccccc2nc1N1CCCC1. The normalized spacial score (nSPS) is 14.9. The van der Waals surface area contributed by atoms with E-state index in [9.17, 15) is 8.42 Å². The van der Waals surface area contributed by atoms with E-state index in [1.165, 1.54) is 0 Å². The lowest BCUT2D eigenvalue weighted by Gasteiger charge is -2.20. The molecular weight excluding hydrogens is 354 g/mol. The number of aryl methyl sites for hydroxylation is 2. The number of anilines is 2. The Morgan fingerprint density at radius 1 is 1.08 bits per heavy atom. The van der Waals surface area contributed by atoms with Gasteiger partial charge in [-0.05, 0) is 38.8 Å². The maximum absolute atomic E-state index is 12.9. The summed E-state index contributed by atoms with van der Waals surface area (Å²) in [6.45, 7) is 4.82. The number of sulfonamides is 1. The summed E-state index contributed by atoms with van der Waals surface area (Å²) >= 11 is 0. The van der Waals surface area contributed by atoms with Crippen LogP contribution in [0.4, 0.5) is 11.6 Å². The number of nitrogens with one attached hydrogen (secondary N) is 1. The van der Waals surface area contributed by atoms with Gasteiger partial charge in [0.25, 0.3) is 10.0 Å². The molecule has 0 spiro atoms. The van der Waals surface area contributed by atoms with E-state index < -0.39 is 10.0 Å². The van der Waals surface area contributed by atoms with Gasteiger partial charge in [-0.2, -0.15) is 0 Å². The summed E-state index contributed by atoms with van der Waals surface area (Å²) in [7, 11) is -3.89. The van der Waals surface area contributed by atoms with Crippen molar-refractivity contribution in [2.45, 2.75) is 31.6 Å². The number of para-hydroxylation sites is 2. The van der Waals surface area contributed by atoms with Crippen LogP contribution >= 0.6 is 0 Å². The summed E-state index contributed by atoms with van der Waals surface area (Å²) in [5.41, 5.74) is 1.67. The van der Waals surface area contributed by atoms with Crippen molar-refractivity contribution < 1.29 is 12.9 Å². The Morgan fingerprint density at radius 3 is 2.35 bits per heavy atom. The van der Waals surface area contributed by atoms with E-state index in [4.69, 9.17) is 4.52 Å². The second kappa shape index (κ2) is 6.24. The molecule has 1 aromatic carbocycles. The monoisotopic (exact) mass is 373 g/mol. The van der Waals surface area contributed by atoms with Crippen LogP contribution in [0, 0.1) is 13.8 Å². The van der Waals surface area contributed by atoms with Crippen molar-refractivity contribution in [3.8, 4) is 0 Å². The second-order valence-corrected chi connectivity index (χ2v) is 7.96. The van der Waals surface area contributed by atoms with Gasteiger partial charge in [0.05, 0.1) is 11.0 Å². The minimum atomic E-state index is -3.89. The highest BCUT2D eigenvalue weighted by molar-refractivity contribution is 7.92. The average molecular weight is 373 g/mol. The second-order valence-electron chi connectivity index (χ2n) is 6.34. The van der Waals surface area contributed by atoms with E-state index in [-0.39, 0.29) is 16.5 Å². The maximum atomic E-state index is 12.9. The quantitative estimate of drug-likeness (QED) is 0.750. The molecule has 1 aliphatic heterocycles. The van der Waals surface area contributed by atoms with Gasteiger partial charge >= 0.3 is 0 Å². The number of fused-ring (bicyclic) bond motifs is 1. The van der Waals surface area contributed by atoms with Gasteiger partial charge in [-0.15, -0.1) is 0 Å². The van der Waals surface area contributed by atoms with Crippen molar-refractivity contribution in [3.63, 3.8) is 0 Å². The van der Waals surface area contributed by atoms with Gasteiger partial charge < -0.3 is 9.42 Å².